The van der Waals surface area contributed by atoms with E-state index < -0.39 is 11.9 Å². The van der Waals surface area contributed by atoms with E-state index in [1.165, 1.54) is 12.1 Å². The lowest BCUT2D eigenvalue weighted by Crippen LogP contribution is -2.25. The highest BCUT2D eigenvalue weighted by Crippen LogP contribution is 2.38. The number of hydrogen-bond donors (Lipinski definition) is 1. The van der Waals surface area contributed by atoms with Gasteiger partial charge in [0.2, 0.25) is 0 Å². The van der Waals surface area contributed by atoms with Crippen LogP contribution in [0.1, 0.15) is 23.6 Å². The van der Waals surface area contributed by atoms with E-state index in [4.69, 9.17) is 4.74 Å². The number of β-amino-alcohol motifs (C(OH)–C–C–N with tert-alkyl or cyclic N) is 1. The molecule has 1 fully saturated rings. The van der Waals surface area contributed by atoms with Crippen molar-refractivity contribution >= 4 is 5.69 Å². The second-order valence-corrected chi connectivity index (χ2v) is 5.61. The van der Waals surface area contributed by atoms with Crippen LogP contribution in [0.3, 0.4) is 0 Å². The monoisotopic (exact) mass is 312 g/mol. The summed E-state index contributed by atoms with van der Waals surface area (Å²) >= 11 is 0. The van der Waals surface area contributed by atoms with E-state index in [1.54, 1.807) is 13.2 Å². The third-order valence-electron chi connectivity index (χ3n) is 4.15. The third-order valence-corrected chi connectivity index (χ3v) is 4.15. The minimum Gasteiger partial charge on any atom is -0.497 e. The lowest BCUT2D eigenvalue weighted by molar-refractivity contribution is 0.194. The molecular weight excluding hydrogens is 295 g/mol. The fourth-order valence-electron chi connectivity index (χ4n) is 3.09. The molecule has 1 heterocycles. The number of hydrogen-bond acceptors (Lipinski definition) is 4. The molecule has 0 radical (unpaired) electrons. The van der Waals surface area contributed by atoms with Gasteiger partial charge in [-0.3, -0.25) is 0 Å². The Balaban J connectivity index is 2.02. The topological polar surface area (TPSA) is 56.5 Å². The van der Waals surface area contributed by atoms with Crippen LogP contribution in [0.2, 0.25) is 0 Å². The molecule has 3 rings (SSSR count). The van der Waals surface area contributed by atoms with Crippen LogP contribution in [0, 0.1) is 17.1 Å². The van der Waals surface area contributed by atoms with E-state index in [-0.39, 0.29) is 11.6 Å². The minimum absolute atomic E-state index is 0.0855. The third kappa shape index (κ3) is 2.99. The summed E-state index contributed by atoms with van der Waals surface area (Å²) in [6, 6.07) is 13.7. The predicted octanol–water partition coefficient (Wildman–Crippen LogP) is 3.02. The molecule has 0 amide bonds. The standard InChI is InChI=1S/C18H17FN2O2/c1-23-16-4-2-3-12(8-16)18-9-15(22)11-21(18)17-6-5-14(19)7-13(17)10-20/h2-8,15,18,22H,9,11H2,1H3/t15-,18+/m0/s1. The van der Waals surface area contributed by atoms with Crippen molar-refractivity contribution in [2.75, 3.05) is 18.6 Å². The molecule has 118 valence electrons. The molecule has 1 aliphatic heterocycles. The number of aliphatic hydroxyl groups is 1. The van der Waals surface area contributed by atoms with Gasteiger partial charge in [0.05, 0.1) is 30.5 Å². The zero-order chi connectivity index (χ0) is 16.4. The average Bonchev–Trinajstić information content (AvgIpc) is 2.96. The van der Waals surface area contributed by atoms with Gasteiger partial charge in [-0.1, -0.05) is 12.1 Å². The smallest absolute Gasteiger partial charge is 0.124 e. The molecule has 0 saturated carbocycles. The number of anilines is 1. The molecule has 0 spiro atoms. The van der Waals surface area contributed by atoms with E-state index in [2.05, 4.69) is 0 Å². The number of nitrogens with zero attached hydrogens (tertiary/aromatic N) is 2. The lowest BCUT2D eigenvalue weighted by atomic mass is 10.0. The summed E-state index contributed by atoms with van der Waals surface area (Å²) in [5.41, 5.74) is 1.90. The second-order valence-electron chi connectivity index (χ2n) is 5.61. The SMILES string of the molecule is COc1cccc([C@H]2C[C@H](O)CN2c2ccc(F)cc2C#N)c1. The molecule has 5 heteroatoms. The van der Waals surface area contributed by atoms with Gasteiger partial charge >= 0.3 is 0 Å². The summed E-state index contributed by atoms with van der Waals surface area (Å²) in [6.07, 6.45) is 0.0536. The number of rotatable bonds is 3. The van der Waals surface area contributed by atoms with Crippen LogP contribution in [0.15, 0.2) is 42.5 Å². The van der Waals surface area contributed by atoms with E-state index in [9.17, 15) is 14.8 Å². The van der Waals surface area contributed by atoms with Gasteiger partial charge in [0.15, 0.2) is 0 Å². The zero-order valence-corrected chi connectivity index (χ0v) is 12.7. The molecule has 2 aromatic carbocycles. The first-order valence-electron chi connectivity index (χ1n) is 7.40. The first-order chi connectivity index (χ1) is 11.1. The molecule has 1 aliphatic rings. The number of aliphatic hydroxyl groups excluding tert-OH is 1. The fraction of sp³-hybridized carbons (Fsp3) is 0.278. The maximum atomic E-state index is 13.4. The quantitative estimate of drug-likeness (QED) is 0.946. The number of halogens is 1. The van der Waals surface area contributed by atoms with Gasteiger partial charge in [-0.05, 0) is 42.3 Å². The van der Waals surface area contributed by atoms with Crippen molar-refractivity contribution in [2.45, 2.75) is 18.6 Å². The summed E-state index contributed by atoms with van der Waals surface area (Å²) in [5, 5.41) is 19.4. The van der Waals surface area contributed by atoms with Crippen LogP contribution in [0.4, 0.5) is 10.1 Å². The molecule has 2 aromatic rings. The van der Waals surface area contributed by atoms with Crippen molar-refractivity contribution in [2.24, 2.45) is 0 Å². The van der Waals surface area contributed by atoms with Crippen molar-refractivity contribution in [1.29, 1.82) is 5.26 Å². The maximum absolute atomic E-state index is 13.4. The highest BCUT2D eigenvalue weighted by molar-refractivity contribution is 5.61. The predicted molar refractivity (Wildman–Crippen MR) is 84.8 cm³/mol. The first-order valence-corrected chi connectivity index (χ1v) is 7.40. The average molecular weight is 312 g/mol. The lowest BCUT2D eigenvalue weighted by Gasteiger charge is -2.28. The zero-order valence-electron chi connectivity index (χ0n) is 12.7. The Morgan fingerprint density at radius 1 is 1.30 bits per heavy atom. The summed E-state index contributed by atoms with van der Waals surface area (Å²) in [7, 11) is 1.61. The Labute approximate surface area is 134 Å². The van der Waals surface area contributed by atoms with Gasteiger partial charge in [-0.25, -0.2) is 4.39 Å². The molecule has 0 unspecified atom stereocenters. The van der Waals surface area contributed by atoms with Crippen LogP contribution in [-0.2, 0) is 0 Å². The molecule has 0 aliphatic carbocycles. The number of ether oxygens (including phenoxy) is 1. The van der Waals surface area contributed by atoms with Crippen LogP contribution >= 0.6 is 0 Å². The van der Waals surface area contributed by atoms with Gasteiger partial charge in [0.25, 0.3) is 0 Å². The van der Waals surface area contributed by atoms with Gasteiger partial charge < -0.3 is 14.7 Å². The molecule has 0 bridgehead atoms. The number of nitriles is 1. The van der Waals surface area contributed by atoms with Gasteiger partial charge in [-0.15, -0.1) is 0 Å². The molecule has 2 atom stereocenters. The molecule has 0 aromatic heterocycles. The van der Waals surface area contributed by atoms with E-state index >= 15 is 0 Å². The van der Waals surface area contributed by atoms with Gasteiger partial charge in [-0.2, -0.15) is 5.26 Å². The molecule has 23 heavy (non-hydrogen) atoms. The Kier molecular flexibility index (Phi) is 4.18. The van der Waals surface area contributed by atoms with Crippen molar-refractivity contribution in [3.63, 3.8) is 0 Å². The fourth-order valence-corrected chi connectivity index (χ4v) is 3.09. The van der Waals surface area contributed by atoms with Gasteiger partial charge in [0.1, 0.15) is 17.6 Å². The Morgan fingerprint density at radius 2 is 2.13 bits per heavy atom. The Hall–Kier alpha value is -2.58. The van der Waals surface area contributed by atoms with Crippen LogP contribution in [-0.4, -0.2) is 24.9 Å². The van der Waals surface area contributed by atoms with Crippen LogP contribution < -0.4 is 9.64 Å². The number of benzene rings is 2. The van der Waals surface area contributed by atoms with E-state index in [0.29, 0.717) is 18.7 Å². The Morgan fingerprint density at radius 3 is 2.87 bits per heavy atom. The summed E-state index contributed by atoms with van der Waals surface area (Å²) in [5.74, 6) is 0.298. The second kappa shape index (κ2) is 6.27. The minimum atomic E-state index is -0.497. The summed E-state index contributed by atoms with van der Waals surface area (Å²) < 4.78 is 18.6. The normalized spacial score (nSPS) is 20.3. The van der Waals surface area contributed by atoms with Crippen molar-refractivity contribution in [1.82, 2.24) is 0 Å². The van der Waals surface area contributed by atoms with Gasteiger partial charge in [0, 0.05) is 6.54 Å². The van der Waals surface area contributed by atoms with E-state index in [1.807, 2.05) is 35.2 Å². The molecule has 4 nitrogen and oxygen atoms in total. The molecule has 1 N–H and O–H groups in total. The number of methoxy groups -OCH3 is 1. The molecule has 1 saturated heterocycles. The van der Waals surface area contributed by atoms with Crippen molar-refractivity contribution in [3.05, 3.63) is 59.4 Å². The molecular formula is C18H17FN2O2. The van der Waals surface area contributed by atoms with E-state index in [0.717, 1.165) is 11.3 Å². The highest BCUT2D eigenvalue weighted by atomic mass is 19.1. The summed E-state index contributed by atoms with van der Waals surface area (Å²) in [4.78, 5) is 1.96. The highest BCUT2D eigenvalue weighted by Gasteiger charge is 2.33. The van der Waals surface area contributed by atoms with Crippen molar-refractivity contribution in [3.8, 4) is 11.8 Å². The Bertz CT molecular complexity index is 757. The maximum Gasteiger partial charge on any atom is 0.124 e. The summed E-state index contributed by atoms with van der Waals surface area (Å²) in [6.45, 7) is 0.405. The largest absolute Gasteiger partial charge is 0.497 e. The van der Waals surface area contributed by atoms with Crippen molar-refractivity contribution < 1.29 is 14.2 Å². The van der Waals surface area contributed by atoms with Crippen LogP contribution in [0.25, 0.3) is 0 Å². The first kappa shape index (κ1) is 15.3. The van der Waals surface area contributed by atoms with Crippen LogP contribution in [0.5, 0.6) is 5.75 Å².